The minimum Gasteiger partial charge on any atom is -0.481 e. The van der Waals surface area contributed by atoms with Crippen LogP contribution in [0, 0.1) is 5.41 Å². The summed E-state index contributed by atoms with van der Waals surface area (Å²) >= 11 is 0. The number of carbonyl (C=O) groups is 3. The third kappa shape index (κ3) is 3.92. The molecule has 7 nitrogen and oxygen atoms in total. The van der Waals surface area contributed by atoms with E-state index >= 15 is 0 Å². The molecule has 1 saturated carbocycles. The van der Waals surface area contributed by atoms with Crippen LogP contribution < -0.4 is 11.1 Å². The van der Waals surface area contributed by atoms with Gasteiger partial charge in [-0.2, -0.15) is 0 Å². The molecule has 0 aromatic rings. The average molecular weight is 272 g/mol. The number of carboxylic acid groups (broad SMARTS) is 2. The third-order valence-electron chi connectivity index (χ3n) is 3.67. The van der Waals surface area contributed by atoms with E-state index in [9.17, 15) is 14.4 Å². The summed E-state index contributed by atoms with van der Waals surface area (Å²) in [7, 11) is 0. The number of carbonyl (C=O) groups excluding carboxylic acids is 1. The number of aliphatic carboxylic acids is 2. The fraction of sp³-hybridized carbons (Fsp3) is 0.750. The summed E-state index contributed by atoms with van der Waals surface area (Å²) in [6.07, 6.45) is 2.48. The lowest BCUT2D eigenvalue weighted by molar-refractivity contribution is -0.146. The van der Waals surface area contributed by atoms with Crippen molar-refractivity contribution in [1.29, 1.82) is 0 Å². The normalized spacial score (nSPS) is 18.2. The molecule has 0 bridgehead atoms. The molecule has 0 aromatic heterocycles. The van der Waals surface area contributed by atoms with Gasteiger partial charge in [0.05, 0.1) is 5.41 Å². The van der Waals surface area contributed by atoms with E-state index in [1.807, 2.05) is 0 Å². The van der Waals surface area contributed by atoms with Crippen LogP contribution in [-0.4, -0.2) is 40.6 Å². The molecule has 1 aliphatic carbocycles. The summed E-state index contributed by atoms with van der Waals surface area (Å²) in [6.45, 7) is 0.209. The first-order valence-electron chi connectivity index (χ1n) is 6.37. The molecule has 1 atom stereocenters. The maximum absolute atomic E-state index is 12.0. The highest BCUT2D eigenvalue weighted by Crippen LogP contribution is 2.40. The highest BCUT2D eigenvalue weighted by molar-refractivity contribution is 5.88. The molecular weight excluding hydrogens is 252 g/mol. The molecule has 0 unspecified atom stereocenters. The monoisotopic (exact) mass is 272 g/mol. The first kappa shape index (κ1) is 15.4. The third-order valence-corrected chi connectivity index (χ3v) is 3.67. The molecule has 19 heavy (non-hydrogen) atoms. The second-order valence-corrected chi connectivity index (χ2v) is 4.99. The lowest BCUT2D eigenvalue weighted by atomic mass is 9.68. The Morgan fingerprint density at radius 2 is 1.89 bits per heavy atom. The standard InChI is InChI=1S/C12H20N2O5/c13-7-12(5-2-6-12)11(19)14-8(10(17)18)3-1-4-9(15)16/h8H,1-7,13H2,(H,14,19)(H,15,16)(H,17,18)/t8-/m1/s1. The predicted molar refractivity (Wildman–Crippen MR) is 66.4 cm³/mol. The number of amides is 1. The summed E-state index contributed by atoms with van der Waals surface area (Å²) in [5, 5.41) is 20.0. The molecule has 7 heteroatoms. The molecule has 1 fully saturated rings. The van der Waals surface area contributed by atoms with Crippen LogP contribution in [0.2, 0.25) is 0 Å². The summed E-state index contributed by atoms with van der Waals surface area (Å²) in [6, 6.07) is -1.05. The van der Waals surface area contributed by atoms with Gasteiger partial charge in [-0.25, -0.2) is 4.79 Å². The second-order valence-electron chi connectivity index (χ2n) is 4.99. The minimum atomic E-state index is -1.15. The van der Waals surface area contributed by atoms with Crippen molar-refractivity contribution in [1.82, 2.24) is 5.32 Å². The number of carboxylic acids is 2. The van der Waals surface area contributed by atoms with Crippen molar-refractivity contribution in [3.8, 4) is 0 Å². The first-order chi connectivity index (χ1) is 8.91. The Balaban J connectivity index is 2.51. The maximum atomic E-state index is 12.0. The zero-order valence-corrected chi connectivity index (χ0v) is 10.7. The van der Waals surface area contributed by atoms with Crippen molar-refractivity contribution < 1.29 is 24.6 Å². The van der Waals surface area contributed by atoms with E-state index in [1.165, 1.54) is 0 Å². The number of rotatable bonds is 8. The predicted octanol–water partition coefficient (Wildman–Crippen LogP) is -0.0603. The van der Waals surface area contributed by atoms with Gasteiger partial charge in [0.2, 0.25) is 5.91 Å². The van der Waals surface area contributed by atoms with E-state index in [1.54, 1.807) is 0 Å². The smallest absolute Gasteiger partial charge is 0.326 e. The van der Waals surface area contributed by atoms with Crippen LogP contribution >= 0.6 is 0 Å². The summed E-state index contributed by atoms with van der Waals surface area (Å²) in [5.74, 6) is -2.46. The summed E-state index contributed by atoms with van der Waals surface area (Å²) in [5.41, 5.74) is 4.95. The molecule has 0 spiro atoms. The van der Waals surface area contributed by atoms with Crippen LogP contribution in [0.3, 0.4) is 0 Å². The van der Waals surface area contributed by atoms with E-state index < -0.39 is 23.4 Å². The largest absolute Gasteiger partial charge is 0.481 e. The Morgan fingerprint density at radius 3 is 2.26 bits per heavy atom. The number of nitrogens with one attached hydrogen (secondary N) is 1. The minimum absolute atomic E-state index is 0.105. The molecule has 0 saturated heterocycles. The van der Waals surface area contributed by atoms with Crippen LogP contribution in [-0.2, 0) is 14.4 Å². The molecule has 1 aliphatic rings. The fourth-order valence-corrected chi connectivity index (χ4v) is 2.15. The number of nitrogens with two attached hydrogens (primary N) is 1. The Bertz CT molecular complexity index is 360. The topological polar surface area (TPSA) is 130 Å². The lowest BCUT2D eigenvalue weighted by Gasteiger charge is -2.39. The van der Waals surface area contributed by atoms with Gasteiger partial charge in [-0.15, -0.1) is 0 Å². The van der Waals surface area contributed by atoms with Crippen molar-refractivity contribution in [2.45, 2.75) is 44.6 Å². The van der Waals surface area contributed by atoms with Crippen molar-refractivity contribution in [2.75, 3.05) is 6.54 Å². The maximum Gasteiger partial charge on any atom is 0.326 e. The molecule has 0 radical (unpaired) electrons. The molecule has 5 N–H and O–H groups in total. The quantitative estimate of drug-likeness (QED) is 0.489. The van der Waals surface area contributed by atoms with Gasteiger partial charge < -0.3 is 21.3 Å². The molecule has 0 heterocycles. The molecule has 0 aliphatic heterocycles. The highest BCUT2D eigenvalue weighted by Gasteiger charge is 2.43. The van der Waals surface area contributed by atoms with Crippen molar-refractivity contribution in [2.24, 2.45) is 11.1 Å². The van der Waals surface area contributed by atoms with Crippen molar-refractivity contribution in [3.63, 3.8) is 0 Å². The van der Waals surface area contributed by atoms with Gasteiger partial charge in [0.15, 0.2) is 0 Å². The van der Waals surface area contributed by atoms with Gasteiger partial charge >= 0.3 is 11.9 Å². The van der Waals surface area contributed by atoms with Crippen LogP contribution in [0.5, 0.6) is 0 Å². The van der Waals surface area contributed by atoms with Gasteiger partial charge in [-0.05, 0) is 25.7 Å². The van der Waals surface area contributed by atoms with Gasteiger partial charge in [-0.3, -0.25) is 9.59 Å². The number of hydrogen-bond donors (Lipinski definition) is 4. The molecule has 0 aromatic carbocycles. The molecule has 1 amide bonds. The van der Waals surface area contributed by atoms with Crippen LogP contribution in [0.25, 0.3) is 0 Å². The van der Waals surface area contributed by atoms with Crippen LogP contribution in [0.15, 0.2) is 0 Å². The van der Waals surface area contributed by atoms with E-state index in [-0.39, 0.29) is 31.7 Å². The highest BCUT2D eigenvalue weighted by atomic mass is 16.4. The molecule has 108 valence electrons. The van der Waals surface area contributed by atoms with Crippen LogP contribution in [0.4, 0.5) is 0 Å². The average Bonchev–Trinajstić information content (AvgIpc) is 2.26. The lowest BCUT2D eigenvalue weighted by Crippen LogP contribution is -2.54. The number of hydrogen-bond acceptors (Lipinski definition) is 4. The van der Waals surface area contributed by atoms with E-state index in [2.05, 4.69) is 5.32 Å². The fourth-order valence-electron chi connectivity index (χ4n) is 2.15. The van der Waals surface area contributed by atoms with Crippen molar-refractivity contribution in [3.05, 3.63) is 0 Å². The van der Waals surface area contributed by atoms with Gasteiger partial charge in [0.25, 0.3) is 0 Å². The Kier molecular flexibility index (Phi) is 5.29. The van der Waals surface area contributed by atoms with Gasteiger partial charge in [0, 0.05) is 13.0 Å². The van der Waals surface area contributed by atoms with E-state index in [0.29, 0.717) is 12.8 Å². The Hall–Kier alpha value is -1.63. The van der Waals surface area contributed by atoms with Gasteiger partial charge in [-0.1, -0.05) is 6.42 Å². The van der Waals surface area contributed by atoms with Crippen LogP contribution in [0.1, 0.15) is 38.5 Å². The SMILES string of the molecule is NCC1(C(=O)N[C@H](CCCC(=O)O)C(=O)O)CCC1. The Morgan fingerprint density at radius 1 is 1.26 bits per heavy atom. The second kappa shape index (κ2) is 6.51. The summed E-state index contributed by atoms with van der Waals surface area (Å²) in [4.78, 5) is 33.4. The zero-order valence-electron chi connectivity index (χ0n) is 10.7. The summed E-state index contributed by atoms with van der Waals surface area (Å²) < 4.78 is 0. The van der Waals surface area contributed by atoms with E-state index in [0.717, 1.165) is 6.42 Å². The van der Waals surface area contributed by atoms with Gasteiger partial charge in [0.1, 0.15) is 6.04 Å². The molecule has 1 rings (SSSR count). The van der Waals surface area contributed by atoms with Crippen molar-refractivity contribution >= 4 is 17.8 Å². The first-order valence-corrected chi connectivity index (χ1v) is 6.37. The zero-order chi connectivity index (χ0) is 14.5. The Labute approximate surface area is 111 Å². The molecular formula is C12H20N2O5. The van der Waals surface area contributed by atoms with E-state index in [4.69, 9.17) is 15.9 Å².